The molecule has 1 aromatic carbocycles. The van der Waals surface area contributed by atoms with Crippen molar-refractivity contribution in [3.8, 4) is 0 Å². The molecule has 0 spiro atoms. The molecule has 0 amide bonds. The molecule has 0 aliphatic carbocycles. The number of hydrogen-bond donors (Lipinski definition) is 0. The van der Waals surface area contributed by atoms with Crippen LogP contribution < -0.4 is 29.6 Å². The molecule has 1 rings (SSSR count). The van der Waals surface area contributed by atoms with Crippen LogP contribution in [0, 0.1) is 0 Å². The van der Waals surface area contributed by atoms with Crippen molar-refractivity contribution in [3.05, 3.63) is 29.8 Å². The van der Waals surface area contributed by atoms with Gasteiger partial charge in [-0.2, -0.15) is 0 Å². The molecule has 0 aliphatic rings. The van der Waals surface area contributed by atoms with E-state index in [9.17, 15) is 17.8 Å². The Morgan fingerprint density at radius 3 is 2.08 bits per heavy atom. The zero-order chi connectivity index (χ0) is 18.9. The Morgan fingerprint density at radius 2 is 1.62 bits per heavy atom. The van der Waals surface area contributed by atoms with Crippen molar-refractivity contribution in [1.82, 2.24) is 0 Å². The number of hydrogen-bond acceptors (Lipinski definition) is 6. The second kappa shape index (κ2) is 12.4. The molecule has 6 nitrogen and oxygen atoms in total. The van der Waals surface area contributed by atoms with Gasteiger partial charge in [-0.1, -0.05) is 18.6 Å². The summed E-state index contributed by atoms with van der Waals surface area (Å²) in [5.74, 6) is 0.0916. The smallest absolute Gasteiger partial charge is 0.744 e. The Balaban J connectivity index is 0.00000625. The Morgan fingerprint density at radius 1 is 1.08 bits per heavy atom. The van der Waals surface area contributed by atoms with E-state index in [1.807, 2.05) is 20.4 Å². The van der Waals surface area contributed by atoms with Gasteiger partial charge in [0.1, 0.15) is 15.9 Å². The van der Waals surface area contributed by atoms with Crippen molar-refractivity contribution in [2.24, 2.45) is 0 Å². The molecule has 0 aliphatic heterocycles. The summed E-state index contributed by atoms with van der Waals surface area (Å²) >= 11 is 0. The molecular weight excluding hydrogens is 383 g/mol. The van der Waals surface area contributed by atoms with E-state index >= 15 is 0 Å². The van der Waals surface area contributed by atoms with Crippen LogP contribution in [0.25, 0.3) is 0 Å². The zero-order valence-electron chi connectivity index (χ0n) is 16.1. The van der Waals surface area contributed by atoms with Crippen molar-refractivity contribution >= 4 is 24.5 Å². The van der Waals surface area contributed by atoms with E-state index in [1.165, 1.54) is 24.3 Å². The molecule has 0 atom stereocenters. The first kappa shape index (κ1) is 25.9. The van der Waals surface area contributed by atoms with E-state index in [0.717, 1.165) is 18.9 Å². The molecule has 142 valence electrons. The number of carbonyl (C=O) groups is 1. The quantitative estimate of drug-likeness (QED) is 0.274. The molecule has 0 N–H and O–H groups in total. The number of benzene rings is 1. The van der Waals surface area contributed by atoms with Gasteiger partial charge in [-0.25, -0.2) is 8.42 Å². The molecular formula is C17H27NaO6SSi. The van der Waals surface area contributed by atoms with Gasteiger partial charge in [0.15, 0.2) is 0 Å². The summed E-state index contributed by atoms with van der Waals surface area (Å²) in [6.45, 7) is 7.23. The Labute approximate surface area is 180 Å². The summed E-state index contributed by atoms with van der Waals surface area (Å²) in [7, 11) is -6.56. The molecule has 0 heterocycles. The molecule has 0 bridgehead atoms. The Bertz CT molecular complexity index is 642. The first-order valence-electron chi connectivity index (χ1n) is 8.54. The standard InChI is InChI=1S/C17H28O6SSi.Na/c1-4-22-25(3,23-5-2)13-7-6-8-16(18)14-15-9-11-17(12-10-15)24(19,20)21;/h9-12H,4-8,13-14H2,1-3H3,(H,19,20,21);/q;+1/p-1. The number of ketones is 1. The normalized spacial score (nSPS) is 11.8. The topological polar surface area (TPSA) is 92.7 Å². The monoisotopic (exact) mass is 410 g/mol. The SMILES string of the molecule is CCO[Si](C)(CCCCC(=O)Cc1ccc(S(=O)(=O)[O-])cc1)OCC.[Na+]. The zero-order valence-corrected chi connectivity index (χ0v) is 19.9. The minimum absolute atomic E-state index is 0. The molecule has 0 saturated carbocycles. The van der Waals surface area contributed by atoms with Gasteiger partial charge in [0.2, 0.25) is 0 Å². The van der Waals surface area contributed by atoms with E-state index in [4.69, 9.17) is 8.85 Å². The van der Waals surface area contributed by atoms with Gasteiger partial charge in [0, 0.05) is 26.1 Å². The minimum Gasteiger partial charge on any atom is -0.744 e. The molecule has 0 aromatic heterocycles. The van der Waals surface area contributed by atoms with Crippen molar-refractivity contribution < 1.29 is 56.2 Å². The fraction of sp³-hybridized carbons (Fsp3) is 0.588. The van der Waals surface area contributed by atoms with Gasteiger partial charge in [-0.3, -0.25) is 4.79 Å². The third-order valence-corrected chi connectivity index (χ3v) is 7.76. The first-order chi connectivity index (χ1) is 11.7. The number of unbranched alkanes of at least 4 members (excludes halogenated alkanes) is 1. The number of carbonyl (C=O) groups excluding carboxylic acids is 1. The minimum atomic E-state index is -4.44. The van der Waals surface area contributed by atoms with Gasteiger partial charge < -0.3 is 13.4 Å². The van der Waals surface area contributed by atoms with Crippen molar-refractivity contribution in [3.63, 3.8) is 0 Å². The molecule has 0 fully saturated rings. The summed E-state index contributed by atoms with van der Waals surface area (Å²) in [4.78, 5) is 11.8. The van der Waals surface area contributed by atoms with Crippen LogP contribution in [-0.4, -0.2) is 40.5 Å². The summed E-state index contributed by atoms with van der Waals surface area (Å²) in [5, 5.41) is 0. The summed E-state index contributed by atoms with van der Waals surface area (Å²) in [5.41, 5.74) is 0.709. The molecule has 0 unspecified atom stereocenters. The average Bonchev–Trinajstić information content (AvgIpc) is 2.52. The maximum absolute atomic E-state index is 12.0. The summed E-state index contributed by atoms with van der Waals surface area (Å²) in [6, 6.07) is 6.37. The Hall–Kier alpha value is -0.0631. The third-order valence-electron chi connectivity index (χ3n) is 3.85. The number of rotatable bonds is 12. The number of Topliss-reactive ketones (excluding diaryl/α,β-unsaturated/α-hetero) is 1. The Kier molecular flexibility index (Phi) is 12.4. The largest absolute Gasteiger partial charge is 1.00 e. The van der Waals surface area contributed by atoms with Crippen LogP contribution in [0.5, 0.6) is 0 Å². The van der Waals surface area contributed by atoms with Crippen molar-refractivity contribution in [2.75, 3.05) is 13.2 Å². The van der Waals surface area contributed by atoms with E-state index in [2.05, 4.69) is 0 Å². The van der Waals surface area contributed by atoms with Crippen LogP contribution in [0.3, 0.4) is 0 Å². The average molecular weight is 411 g/mol. The third kappa shape index (κ3) is 9.75. The van der Waals surface area contributed by atoms with Gasteiger partial charge in [0.05, 0.1) is 4.90 Å². The van der Waals surface area contributed by atoms with E-state index in [-0.39, 0.29) is 46.7 Å². The van der Waals surface area contributed by atoms with E-state index in [0.29, 0.717) is 25.2 Å². The van der Waals surface area contributed by atoms with Crippen LogP contribution in [0.15, 0.2) is 29.2 Å². The van der Waals surface area contributed by atoms with Gasteiger partial charge in [0.25, 0.3) is 0 Å². The molecule has 0 radical (unpaired) electrons. The van der Waals surface area contributed by atoms with E-state index < -0.39 is 18.7 Å². The van der Waals surface area contributed by atoms with Gasteiger partial charge >= 0.3 is 38.1 Å². The van der Waals surface area contributed by atoms with Gasteiger partial charge in [-0.05, 0) is 50.6 Å². The van der Waals surface area contributed by atoms with Crippen LogP contribution >= 0.6 is 0 Å². The predicted octanol–water partition coefficient (Wildman–Crippen LogP) is 0.0216. The van der Waals surface area contributed by atoms with Crippen molar-refractivity contribution in [2.45, 2.75) is 57.0 Å². The molecule has 9 heteroatoms. The summed E-state index contributed by atoms with van der Waals surface area (Å²) < 4.78 is 44.2. The molecule has 0 saturated heterocycles. The molecule has 26 heavy (non-hydrogen) atoms. The summed E-state index contributed by atoms with van der Waals surface area (Å²) in [6.07, 6.45) is 2.35. The van der Waals surface area contributed by atoms with Crippen molar-refractivity contribution in [1.29, 1.82) is 0 Å². The van der Waals surface area contributed by atoms with Crippen LogP contribution in [0.1, 0.15) is 38.7 Å². The van der Waals surface area contributed by atoms with Crippen LogP contribution in [0.2, 0.25) is 12.6 Å². The van der Waals surface area contributed by atoms with Crippen LogP contribution in [0.4, 0.5) is 0 Å². The second-order valence-corrected chi connectivity index (χ2v) is 10.7. The predicted molar refractivity (Wildman–Crippen MR) is 96.6 cm³/mol. The first-order valence-corrected chi connectivity index (χ1v) is 12.5. The maximum atomic E-state index is 12.0. The van der Waals surface area contributed by atoms with Crippen LogP contribution in [-0.2, 0) is 30.2 Å². The molecule has 1 aromatic rings. The maximum Gasteiger partial charge on any atom is 1.00 e. The van der Waals surface area contributed by atoms with E-state index in [1.54, 1.807) is 0 Å². The second-order valence-electron chi connectivity index (χ2n) is 6.02. The fourth-order valence-corrected chi connectivity index (χ4v) is 5.61. The fourth-order valence-electron chi connectivity index (χ4n) is 2.65. The van der Waals surface area contributed by atoms with Gasteiger partial charge in [-0.15, -0.1) is 0 Å².